The first-order valence-electron chi connectivity index (χ1n) is 6.67. The third-order valence-corrected chi connectivity index (χ3v) is 3.56. The molecule has 1 aliphatic heterocycles. The van der Waals surface area contributed by atoms with Gasteiger partial charge in [-0.2, -0.15) is 0 Å². The highest BCUT2D eigenvalue weighted by molar-refractivity contribution is 5.85. The van der Waals surface area contributed by atoms with Crippen LogP contribution in [0.2, 0.25) is 0 Å². The molecule has 20 heavy (non-hydrogen) atoms. The minimum atomic E-state index is 0.0943. The van der Waals surface area contributed by atoms with Crippen molar-refractivity contribution >= 4 is 22.7 Å². The SMILES string of the molecule is C=C(C)N1c2nc3ccccc3nc2N(C(=C)C)C1C. The van der Waals surface area contributed by atoms with Gasteiger partial charge in [0, 0.05) is 11.4 Å². The zero-order valence-corrected chi connectivity index (χ0v) is 12.1. The van der Waals surface area contributed by atoms with Crippen molar-refractivity contribution in [2.45, 2.75) is 26.9 Å². The summed E-state index contributed by atoms with van der Waals surface area (Å²) >= 11 is 0. The summed E-state index contributed by atoms with van der Waals surface area (Å²) in [5.74, 6) is 1.71. The number of hydrogen-bond donors (Lipinski definition) is 0. The van der Waals surface area contributed by atoms with E-state index < -0.39 is 0 Å². The van der Waals surface area contributed by atoms with Crippen molar-refractivity contribution < 1.29 is 0 Å². The van der Waals surface area contributed by atoms with Gasteiger partial charge in [-0.05, 0) is 32.9 Å². The number of hydrogen-bond acceptors (Lipinski definition) is 4. The first kappa shape index (κ1) is 12.7. The van der Waals surface area contributed by atoms with Crippen molar-refractivity contribution in [3.05, 3.63) is 48.8 Å². The van der Waals surface area contributed by atoms with E-state index in [9.17, 15) is 0 Å². The van der Waals surface area contributed by atoms with E-state index in [4.69, 9.17) is 9.97 Å². The molecule has 0 radical (unpaired) electrons. The summed E-state index contributed by atoms with van der Waals surface area (Å²) in [7, 11) is 0. The van der Waals surface area contributed by atoms with Crippen molar-refractivity contribution in [2.24, 2.45) is 0 Å². The number of allylic oxidation sites excluding steroid dienone is 2. The molecule has 1 aromatic carbocycles. The lowest BCUT2D eigenvalue weighted by Gasteiger charge is -2.29. The molecule has 4 nitrogen and oxygen atoms in total. The Morgan fingerprint density at radius 2 is 1.35 bits per heavy atom. The maximum atomic E-state index is 4.76. The van der Waals surface area contributed by atoms with Crippen LogP contribution in [-0.4, -0.2) is 16.1 Å². The third kappa shape index (κ3) is 1.68. The van der Waals surface area contributed by atoms with Gasteiger partial charge in [0.2, 0.25) is 0 Å². The van der Waals surface area contributed by atoms with Gasteiger partial charge in [-0.3, -0.25) is 0 Å². The zero-order chi connectivity index (χ0) is 14.4. The maximum Gasteiger partial charge on any atom is 0.178 e. The van der Waals surface area contributed by atoms with Gasteiger partial charge < -0.3 is 9.80 Å². The Labute approximate surface area is 119 Å². The van der Waals surface area contributed by atoms with Gasteiger partial charge in [0.05, 0.1) is 11.0 Å². The number of aromatic nitrogens is 2. The summed E-state index contributed by atoms with van der Waals surface area (Å²) in [5, 5.41) is 0. The Morgan fingerprint density at radius 3 is 1.70 bits per heavy atom. The normalized spacial score (nSPS) is 14.8. The topological polar surface area (TPSA) is 32.3 Å². The lowest BCUT2D eigenvalue weighted by molar-refractivity contribution is 0.706. The van der Waals surface area contributed by atoms with Gasteiger partial charge in [0.25, 0.3) is 0 Å². The molecule has 4 heteroatoms. The second-order valence-corrected chi connectivity index (χ2v) is 5.20. The van der Waals surface area contributed by atoms with Crippen LogP contribution in [0.4, 0.5) is 11.6 Å². The summed E-state index contributed by atoms with van der Waals surface area (Å²) in [6, 6.07) is 7.91. The Morgan fingerprint density at radius 1 is 0.950 bits per heavy atom. The van der Waals surface area contributed by atoms with Crippen LogP contribution in [0.25, 0.3) is 11.0 Å². The molecule has 0 N–H and O–H groups in total. The van der Waals surface area contributed by atoms with Crippen LogP contribution in [0.15, 0.2) is 48.8 Å². The fourth-order valence-electron chi connectivity index (χ4n) is 2.77. The average molecular weight is 266 g/mol. The van der Waals surface area contributed by atoms with E-state index >= 15 is 0 Å². The molecule has 2 aromatic rings. The van der Waals surface area contributed by atoms with Gasteiger partial charge in [0.1, 0.15) is 6.17 Å². The molecule has 1 aliphatic rings. The number of benzene rings is 1. The van der Waals surface area contributed by atoms with E-state index in [1.807, 2.05) is 38.1 Å². The first-order chi connectivity index (χ1) is 9.50. The molecular weight excluding hydrogens is 248 g/mol. The molecule has 0 atom stereocenters. The number of nitrogens with zero attached hydrogens (tertiary/aromatic N) is 4. The first-order valence-corrected chi connectivity index (χ1v) is 6.67. The van der Waals surface area contributed by atoms with E-state index in [0.29, 0.717) is 0 Å². The Balaban J connectivity index is 2.29. The lowest BCUT2D eigenvalue weighted by atomic mass is 10.3. The van der Waals surface area contributed by atoms with Crippen LogP contribution in [0.3, 0.4) is 0 Å². The Bertz CT molecular complexity index is 659. The van der Waals surface area contributed by atoms with Gasteiger partial charge in [-0.25, -0.2) is 9.97 Å². The van der Waals surface area contributed by atoms with Crippen molar-refractivity contribution in [1.29, 1.82) is 0 Å². The minimum absolute atomic E-state index is 0.0943. The molecule has 0 unspecified atom stereocenters. The van der Waals surface area contributed by atoms with Crippen LogP contribution in [0.1, 0.15) is 20.8 Å². The number of fused-ring (bicyclic) bond motifs is 2. The molecule has 0 aliphatic carbocycles. The molecular formula is C16H18N4. The summed E-state index contributed by atoms with van der Waals surface area (Å²) < 4.78 is 0. The molecule has 0 saturated heterocycles. The predicted molar refractivity (Wildman–Crippen MR) is 83.6 cm³/mol. The minimum Gasteiger partial charge on any atom is -0.307 e. The van der Waals surface area contributed by atoms with Crippen LogP contribution in [0, 0.1) is 0 Å². The van der Waals surface area contributed by atoms with Crippen molar-refractivity contribution in [2.75, 3.05) is 9.80 Å². The monoisotopic (exact) mass is 266 g/mol. The summed E-state index contributed by atoms with van der Waals surface area (Å²) in [5.41, 5.74) is 3.70. The summed E-state index contributed by atoms with van der Waals surface area (Å²) in [4.78, 5) is 13.7. The van der Waals surface area contributed by atoms with Crippen molar-refractivity contribution in [3.63, 3.8) is 0 Å². The van der Waals surface area contributed by atoms with Crippen molar-refractivity contribution in [3.8, 4) is 0 Å². The summed E-state index contributed by atoms with van der Waals surface area (Å²) in [6.07, 6.45) is 0.0943. The van der Waals surface area contributed by atoms with E-state index in [2.05, 4.69) is 29.9 Å². The highest BCUT2D eigenvalue weighted by atomic mass is 15.5. The maximum absolute atomic E-state index is 4.76. The van der Waals surface area contributed by atoms with E-state index in [0.717, 1.165) is 34.1 Å². The number of rotatable bonds is 2. The predicted octanol–water partition coefficient (Wildman–Crippen LogP) is 3.67. The third-order valence-electron chi connectivity index (χ3n) is 3.56. The van der Waals surface area contributed by atoms with Crippen LogP contribution < -0.4 is 9.80 Å². The van der Waals surface area contributed by atoms with Gasteiger partial charge in [-0.15, -0.1) is 0 Å². The smallest absolute Gasteiger partial charge is 0.178 e. The van der Waals surface area contributed by atoms with E-state index in [1.54, 1.807) is 0 Å². The largest absolute Gasteiger partial charge is 0.307 e. The van der Waals surface area contributed by atoms with Crippen LogP contribution in [0.5, 0.6) is 0 Å². The fraction of sp³-hybridized carbons (Fsp3) is 0.250. The standard InChI is InChI=1S/C16H18N4/c1-10(2)19-12(5)20(11(3)4)16-15(19)17-13-8-6-7-9-14(13)18-16/h6-9,12H,1,3H2,2,4-5H3. The number of para-hydroxylation sites is 2. The molecule has 0 spiro atoms. The highest BCUT2D eigenvalue weighted by Gasteiger charge is 2.36. The van der Waals surface area contributed by atoms with Gasteiger partial charge in [-0.1, -0.05) is 25.3 Å². The molecule has 1 aromatic heterocycles. The Kier molecular flexibility index (Phi) is 2.74. The quantitative estimate of drug-likeness (QED) is 0.830. The second kappa shape index (κ2) is 4.34. The molecule has 0 saturated carbocycles. The lowest BCUT2D eigenvalue weighted by Crippen LogP contribution is -2.38. The molecule has 2 heterocycles. The molecule has 102 valence electrons. The molecule has 0 amide bonds. The molecule has 0 fully saturated rings. The van der Waals surface area contributed by atoms with Crippen molar-refractivity contribution in [1.82, 2.24) is 9.97 Å². The Hall–Kier alpha value is -2.36. The van der Waals surface area contributed by atoms with E-state index in [1.165, 1.54) is 0 Å². The zero-order valence-electron chi connectivity index (χ0n) is 12.1. The summed E-state index contributed by atoms with van der Waals surface area (Å²) in [6.45, 7) is 14.2. The average Bonchev–Trinajstić information content (AvgIpc) is 2.67. The second-order valence-electron chi connectivity index (χ2n) is 5.20. The van der Waals surface area contributed by atoms with Crippen LogP contribution >= 0.6 is 0 Å². The molecule has 0 bridgehead atoms. The van der Waals surface area contributed by atoms with Crippen LogP contribution in [-0.2, 0) is 0 Å². The highest BCUT2D eigenvalue weighted by Crippen LogP contribution is 2.41. The number of anilines is 2. The van der Waals surface area contributed by atoms with Gasteiger partial charge >= 0.3 is 0 Å². The molecule has 3 rings (SSSR count). The van der Waals surface area contributed by atoms with Gasteiger partial charge in [0.15, 0.2) is 11.6 Å². The fourth-order valence-corrected chi connectivity index (χ4v) is 2.77. The van der Waals surface area contributed by atoms with E-state index in [-0.39, 0.29) is 6.17 Å².